The molecule has 1 N–H and O–H groups in total. The number of hydrogen-bond donors (Lipinski definition) is 1. The number of nitrogens with zero attached hydrogens (tertiary/aromatic N) is 2. The molecule has 0 aliphatic heterocycles. The lowest BCUT2D eigenvalue weighted by atomic mass is 10.1. The Bertz CT molecular complexity index is 304. The molecular weight excluding hydrogens is 206 g/mol. The second-order valence-corrected chi connectivity index (χ2v) is 4.79. The van der Waals surface area contributed by atoms with Gasteiger partial charge in [0.05, 0.1) is 6.54 Å². The Morgan fingerprint density at radius 3 is 2.56 bits per heavy atom. The van der Waals surface area contributed by atoms with Crippen molar-refractivity contribution in [1.29, 1.82) is 0 Å². The third-order valence-corrected chi connectivity index (χ3v) is 2.02. The Morgan fingerprint density at radius 1 is 1.25 bits per heavy atom. The van der Waals surface area contributed by atoms with Crippen molar-refractivity contribution in [2.24, 2.45) is 0 Å². The van der Waals surface area contributed by atoms with E-state index in [4.69, 9.17) is 9.15 Å². The van der Waals surface area contributed by atoms with Gasteiger partial charge in [-0.3, -0.25) is 0 Å². The van der Waals surface area contributed by atoms with Crippen LogP contribution in [0.15, 0.2) is 4.42 Å². The molecule has 0 aliphatic rings. The van der Waals surface area contributed by atoms with Gasteiger partial charge in [0.1, 0.15) is 0 Å². The fraction of sp³-hybridized carbons (Fsp3) is 0.818. The third-order valence-electron chi connectivity index (χ3n) is 2.02. The molecule has 0 aliphatic carbocycles. The number of ether oxygens (including phenoxy) is 1. The smallest absolute Gasteiger partial charge is 0.230 e. The highest BCUT2D eigenvalue weighted by Gasteiger charge is 2.11. The molecule has 1 aromatic rings. The van der Waals surface area contributed by atoms with Crippen molar-refractivity contribution in [3.63, 3.8) is 0 Å². The summed E-state index contributed by atoms with van der Waals surface area (Å²) in [5.74, 6) is 1.32. The van der Waals surface area contributed by atoms with Crippen molar-refractivity contribution in [3.05, 3.63) is 11.8 Å². The highest BCUT2D eigenvalue weighted by molar-refractivity contribution is 4.83. The minimum absolute atomic E-state index is 0.0602. The van der Waals surface area contributed by atoms with Crippen molar-refractivity contribution in [2.45, 2.75) is 45.7 Å². The fourth-order valence-corrected chi connectivity index (χ4v) is 1.17. The molecule has 0 saturated heterocycles. The average molecular weight is 227 g/mol. The van der Waals surface area contributed by atoms with Crippen LogP contribution >= 0.6 is 0 Å². The summed E-state index contributed by atoms with van der Waals surface area (Å²) in [5, 5.41) is 11.3. The largest absolute Gasteiger partial charge is 0.424 e. The van der Waals surface area contributed by atoms with Gasteiger partial charge in [-0.1, -0.05) is 0 Å². The predicted octanol–water partition coefficient (Wildman–Crippen LogP) is 1.54. The molecule has 92 valence electrons. The molecule has 0 fully saturated rings. The van der Waals surface area contributed by atoms with Gasteiger partial charge in [0.2, 0.25) is 11.8 Å². The maximum atomic E-state index is 5.49. The number of aryl methyl sites for hydroxylation is 1. The zero-order valence-electron chi connectivity index (χ0n) is 10.5. The normalized spacial score (nSPS) is 12.0. The minimum atomic E-state index is 0.0602. The monoisotopic (exact) mass is 227 g/mol. The second kappa shape index (κ2) is 5.96. The fourth-order valence-electron chi connectivity index (χ4n) is 1.17. The van der Waals surface area contributed by atoms with Gasteiger partial charge in [-0.15, -0.1) is 10.2 Å². The van der Waals surface area contributed by atoms with Gasteiger partial charge in [0.25, 0.3) is 0 Å². The van der Waals surface area contributed by atoms with Gasteiger partial charge in [-0.2, -0.15) is 0 Å². The maximum absolute atomic E-state index is 5.49. The molecule has 5 nitrogen and oxygen atoms in total. The van der Waals surface area contributed by atoms with E-state index in [9.17, 15) is 0 Å². The third kappa shape index (κ3) is 5.23. The molecule has 0 spiro atoms. The SMILES string of the molecule is COCCCc1nnc(CNC(C)(C)C)o1. The summed E-state index contributed by atoms with van der Waals surface area (Å²) >= 11 is 0. The first kappa shape index (κ1) is 13.1. The maximum Gasteiger partial charge on any atom is 0.230 e. The van der Waals surface area contributed by atoms with E-state index < -0.39 is 0 Å². The first-order valence-corrected chi connectivity index (χ1v) is 5.56. The molecule has 1 heterocycles. The molecule has 0 radical (unpaired) electrons. The van der Waals surface area contributed by atoms with Crippen LogP contribution in [0, 0.1) is 0 Å². The lowest BCUT2D eigenvalue weighted by Crippen LogP contribution is -2.35. The van der Waals surface area contributed by atoms with Crippen LogP contribution in [0.5, 0.6) is 0 Å². The van der Waals surface area contributed by atoms with E-state index in [0.29, 0.717) is 18.3 Å². The number of hydrogen-bond acceptors (Lipinski definition) is 5. The highest BCUT2D eigenvalue weighted by atomic mass is 16.5. The molecule has 5 heteroatoms. The van der Waals surface area contributed by atoms with E-state index in [-0.39, 0.29) is 5.54 Å². The van der Waals surface area contributed by atoms with Crippen molar-refractivity contribution >= 4 is 0 Å². The number of rotatable bonds is 6. The Labute approximate surface area is 96.6 Å². The van der Waals surface area contributed by atoms with Crippen molar-refractivity contribution in [1.82, 2.24) is 15.5 Å². The molecule has 1 rings (SSSR count). The van der Waals surface area contributed by atoms with Crippen LogP contribution in [-0.2, 0) is 17.7 Å². The number of nitrogens with one attached hydrogen (secondary N) is 1. The molecule has 0 bridgehead atoms. The van der Waals surface area contributed by atoms with Gasteiger partial charge in [-0.25, -0.2) is 0 Å². The summed E-state index contributed by atoms with van der Waals surface area (Å²) in [6.45, 7) is 7.63. The molecule has 0 amide bonds. The first-order valence-electron chi connectivity index (χ1n) is 5.56. The summed E-state index contributed by atoms with van der Waals surface area (Å²) in [6.07, 6.45) is 1.68. The van der Waals surface area contributed by atoms with Crippen LogP contribution in [0.1, 0.15) is 39.0 Å². The van der Waals surface area contributed by atoms with Gasteiger partial charge >= 0.3 is 0 Å². The lowest BCUT2D eigenvalue weighted by Gasteiger charge is -2.18. The Balaban J connectivity index is 2.33. The quantitative estimate of drug-likeness (QED) is 0.747. The van der Waals surface area contributed by atoms with Gasteiger partial charge < -0.3 is 14.5 Å². The standard InChI is InChI=1S/C11H21N3O2/c1-11(2,3)12-8-10-14-13-9(16-10)6-5-7-15-4/h12H,5-8H2,1-4H3. The van der Waals surface area contributed by atoms with Crippen molar-refractivity contribution < 1.29 is 9.15 Å². The molecule has 1 aromatic heterocycles. The van der Waals surface area contributed by atoms with E-state index in [1.807, 2.05) is 0 Å². The highest BCUT2D eigenvalue weighted by Crippen LogP contribution is 2.05. The van der Waals surface area contributed by atoms with Gasteiger partial charge in [0.15, 0.2) is 0 Å². The van der Waals surface area contributed by atoms with Crippen molar-refractivity contribution in [3.8, 4) is 0 Å². The first-order chi connectivity index (χ1) is 7.51. The van der Waals surface area contributed by atoms with E-state index in [2.05, 4.69) is 36.3 Å². The summed E-state index contributed by atoms with van der Waals surface area (Å²) in [7, 11) is 1.69. The van der Waals surface area contributed by atoms with Crippen LogP contribution in [0.4, 0.5) is 0 Å². The van der Waals surface area contributed by atoms with E-state index in [0.717, 1.165) is 19.4 Å². The van der Waals surface area contributed by atoms with Crippen LogP contribution in [0.2, 0.25) is 0 Å². The molecule has 0 saturated carbocycles. The average Bonchev–Trinajstić information content (AvgIpc) is 2.62. The Hall–Kier alpha value is -0.940. The van der Waals surface area contributed by atoms with Crippen LogP contribution < -0.4 is 5.32 Å². The molecule has 16 heavy (non-hydrogen) atoms. The zero-order chi connectivity index (χ0) is 12.0. The van der Waals surface area contributed by atoms with Crippen LogP contribution in [-0.4, -0.2) is 29.5 Å². The summed E-state index contributed by atoms with van der Waals surface area (Å²) in [6, 6.07) is 0. The van der Waals surface area contributed by atoms with E-state index in [1.165, 1.54) is 0 Å². The summed E-state index contributed by atoms with van der Waals surface area (Å²) in [5.41, 5.74) is 0.0602. The summed E-state index contributed by atoms with van der Waals surface area (Å²) in [4.78, 5) is 0. The second-order valence-electron chi connectivity index (χ2n) is 4.79. The summed E-state index contributed by atoms with van der Waals surface area (Å²) < 4.78 is 10.4. The van der Waals surface area contributed by atoms with E-state index >= 15 is 0 Å². The van der Waals surface area contributed by atoms with Crippen molar-refractivity contribution in [2.75, 3.05) is 13.7 Å². The number of methoxy groups -OCH3 is 1. The van der Waals surface area contributed by atoms with Crippen LogP contribution in [0.3, 0.4) is 0 Å². The minimum Gasteiger partial charge on any atom is -0.424 e. The van der Waals surface area contributed by atoms with E-state index in [1.54, 1.807) is 7.11 Å². The molecular formula is C11H21N3O2. The molecule has 0 unspecified atom stereocenters. The molecule has 0 atom stereocenters. The molecule has 0 aromatic carbocycles. The van der Waals surface area contributed by atoms with Gasteiger partial charge in [0, 0.05) is 25.7 Å². The van der Waals surface area contributed by atoms with Crippen LogP contribution in [0.25, 0.3) is 0 Å². The zero-order valence-corrected chi connectivity index (χ0v) is 10.5. The topological polar surface area (TPSA) is 60.2 Å². The Kier molecular flexibility index (Phi) is 4.89. The van der Waals surface area contributed by atoms with Gasteiger partial charge in [-0.05, 0) is 27.2 Å². The Morgan fingerprint density at radius 2 is 1.94 bits per heavy atom. The lowest BCUT2D eigenvalue weighted by molar-refractivity contribution is 0.192. The number of aromatic nitrogens is 2. The predicted molar refractivity (Wildman–Crippen MR) is 61.1 cm³/mol.